The lowest BCUT2D eigenvalue weighted by Crippen LogP contribution is -2.19. The zero-order valence-corrected chi connectivity index (χ0v) is 12.1. The number of aromatic nitrogens is 3. The Balaban J connectivity index is 2.08. The van der Waals surface area contributed by atoms with E-state index in [1.807, 2.05) is 32.9 Å². The third kappa shape index (κ3) is 3.77. The first-order chi connectivity index (χ1) is 9.58. The summed E-state index contributed by atoms with van der Waals surface area (Å²) in [5.41, 5.74) is 7.64. The number of nitrogens with zero attached hydrogens (tertiary/aromatic N) is 3. The standard InChI is InChI=1S/C14H20N4O2/c1-4-14-17-13(18-20-14)8-19-12-6-5-10(3)16-11(12)7-9(2)15/h5-6,9H,4,7-8,15H2,1-3H3. The highest BCUT2D eigenvalue weighted by Crippen LogP contribution is 2.19. The fourth-order valence-corrected chi connectivity index (χ4v) is 1.82. The van der Waals surface area contributed by atoms with Gasteiger partial charge in [-0.1, -0.05) is 12.1 Å². The third-order valence-electron chi connectivity index (χ3n) is 2.76. The van der Waals surface area contributed by atoms with E-state index in [1.54, 1.807) is 0 Å². The molecule has 6 heteroatoms. The van der Waals surface area contributed by atoms with Crippen LogP contribution in [-0.4, -0.2) is 21.2 Å². The molecule has 1 atom stereocenters. The van der Waals surface area contributed by atoms with Crippen molar-refractivity contribution in [2.75, 3.05) is 0 Å². The zero-order chi connectivity index (χ0) is 14.5. The number of hydrogen-bond acceptors (Lipinski definition) is 6. The number of ether oxygens (including phenoxy) is 1. The molecule has 0 aliphatic heterocycles. The Morgan fingerprint density at radius 3 is 2.80 bits per heavy atom. The summed E-state index contributed by atoms with van der Waals surface area (Å²) in [6.07, 6.45) is 1.39. The monoisotopic (exact) mass is 276 g/mol. The summed E-state index contributed by atoms with van der Waals surface area (Å²) < 4.78 is 10.8. The van der Waals surface area contributed by atoms with Gasteiger partial charge in [0, 0.05) is 24.6 Å². The van der Waals surface area contributed by atoms with Crippen LogP contribution in [-0.2, 0) is 19.4 Å². The van der Waals surface area contributed by atoms with E-state index < -0.39 is 0 Å². The van der Waals surface area contributed by atoms with E-state index in [9.17, 15) is 0 Å². The predicted octanol–water partition coefficient (Wildman–Crippen LogP) is 1.80. The van der Waals surface area contributed by atoms with Crippen molar-refractivity contribution < 1.29 is 9.26 Å². The van der Waals surface area contributed by atoms with Crippen LogP contribution in [0.4, 0.5) is 0 Å². The predicted molar refractivity (Wildman–Crippen MR) is 74.3 cm³/mol. The van der Waals surface area contributed by atoms with Crippen molar-refractivity contribution in [2.45, 2.75) is 46.3 Å². The van der Waals surface area contributed by atoms with Crippen molar-refractivity contribution in [2.24, 2.45) is 5.73 Å². The second kappa shape index (κ2) is 6.47. The topological polar surface area (TPSA) is 87.1 Å². The van der Waals surface area contributed by atoms with Crippen LogP contribution >= 0.6 is 0 Å². The normalized spacial score (nSPS) is 12.4. The Morgan fingerprint density at radius 1 is 1.35 bits per heavy atom. The number of aryl methyl sites for hydroxylation is 2. The summed E-state index contributed by atoms with van der Waals surface area (Å²) in [4.78, 5) is 8.68. The van der Waals surface area contributed by atoms with Crippen molar-refractivity contribution in [3.63, 3.8) is 0 Å². The Labute approximate surface area is 118 Å². The smallest absolute Gasteiger partial charge is 0.226 e. The summed E-state index contributed by atoms with van der Waals surface area (Å²) in [6.45, 7) is 6.12. The van der Waals surface area contributed by atoms with Crippen molar-refractivity contribution in [1.29, 1.82) is 0 Å². The average Bonchev–Trinajstić information content (AvgIpc) is 2.85. The van der Waals surface area contributed by atoms with Crippen LogP contribution in [0.5, 0.6) is 5.75 Å². The molecule has 2 aromatic rings. The second-order valence-electron chi connectivity index (χ2n) is 4.83. The van der Waals surface area contributed by atoms with Crippen molar-refractivity contribution in [3.8, 4) is 5.75 Å². The molecule has 2 N–H and O–H groups in total. The number of rotatable bonds is 6. The van der Waals surface area contributed by atoms with Gasteiger partial charge in [0.2, 0.25) is 11.7 Å². The summed E-state index contributed by atoms with van der Waals surface area (Å²) in [7, 11) is 0. The third-order valence-corrected chi connectivity index (χ3v) is 2.76. The quantitative estimate of drug-likeness (QED) is 0.865. The van der Waals surface area contributed by atoms with Crippen LogP contribution in [0, 0.1) is 6.92 Å². The zero-order valence-electron chi connectivity index (χ0n) is 12.1. The largest absolute Gasteiger partial charge is 0.484 e. The van der Waals surface area contributed by atoms with E-state index in [2.05, 4.69) is 15.1 Å². The van der Waals surface area contributed by atoms with E-state index in [0.29, 0.717) is 18.1 Å². The molecule has 20 heavy (non-hydrogen) atoms. The summed E-state index contributed by atoms with van der Waals surface area (Å²) in [5, 5.41) is 3.85. The first kappa shape index (κ1) is 14.5. The first-order valence-electron chi connectivity index (χ1n) is 6.74. The van der Waals surface area contributed by atoms with Crippen LogP contribution in [0.2, 0.25) is 0 Å². The lowest BCUT2D eigenvalue weighted by atomic mass is 10.1. The number of pyridine rings is 1. The van der Waals surface area contributed by atoms with E-state index >= 15 is 0 Å². The molecule has 1 unspecified atom stereocenters. The molecule has 0 aliphatic carbocycles. The molecule has 0 amide bonds. The highest BCUT2D eigenvalue weighted by molar-refractivity contribution is 5.30. The molecule has 108 valence electrons. The van der Waals surface area contributed by atoms with Crippen molar-refractivity contribution in [1.82, 2.24) is 15.1 Å². The first-order valence-corrected chi connectivity index (χ1v) is 6.74. The van der Waals surface area contributed by atoms with Crippen LogP contribution in [0.25, 0.3) is 0 Å². The SMILES string of the molecule is CCc1nc(COc2ccc(C)nc2CC(C)N)no1. The molecule has 0 saturated carbocycles. The lowest BCUT2D eigenvalue weighted by molar-refractivity contribution is 0.280. The van der Waals surface area contributed by atoms with Gasteiger partial charge in [-0.15, -0.1) is 0 Å². The van der Waals surface area contributed by atoms with Gasteiger partial charge in [-0.3, -0.25) is 4.98 Å². The van der Waals surface area contributed by atoms with Crippen molar-refractivity contribution in [3.05, 3.63) is 35.2 Å². The van der Waals surface area contributed by atoms with Gasteiger partial charge in [0.25, 0.3) is 0 Å². The van der Waals surface area contributed by atoms with Gasteiger partial charge >= 0.3 is 0 Å². The molecule has 0 bridgehead atoms. The van der Waals surface area contributed by atoms with Gasteiger partial charge < -0.3 is 15.0 Å². The molecule has 2 heterocycles. The Hall–Kier alpha value is -1.95. The van der Waals surface area contributed by atoms with Crippen LogP contribution in [0.15, 0.2) is 16.7 Å². The maximum Gasteiger partial charge on any atom is 0.226 e. The van der Waals surface area contributed by atoms with Crippen LogP contribution in [0.3, 0.4) is 0 Å². The maximum atomic E-state index is 5.84. The molecule has 0 radical (unpaired) electrons. The number of hydrogen-bond donors (Lipinski definition) is 1. The number of nitrogens with two attached hydrogens (primary N) is 1. The molecule has 6 nitrogen and oxygen atoms in total. The molecule has 2 aromatic heterocycles. The molecular weight excluding hydrogens is 256 g/mol. The minimum Gasteiger partial charge on any atom is -0.484 e. The highest BCUT2D eigenvalue weighted by atomic mass is 16.5. The van der Waals surface area contributed by atoms with E-state index in [4.69, 9.17) is 15.0 Å². The van der Waals surface area contributed by atoms with Gasteiger partial charge in [0.05, 0.1) is 5.69 Å². The van der Waals surface area contributed by atoms with Crippen molar-refractivity contribution >= 4 is 0 Å². The molecule has 0 fully saturated rings. The Morgan fingerprint density at radius 2 is 2.15 bits per heavy atom. The maximum absolute atomic E-state index is 5.84. The Bertz CT molecular complexity index is 566. The van der Waals surface area contributed by atoms with E-state index in [-0.39, 0.29) is 12.6 Å². The summed E-state index contributed by atoms with van der Waals surface area (Å²) >= 11 is 0. The minimum absolute atomic E-state index is 0.0310. The summed E-state index contributed by atoms with van der Waals surface area (Å²) in [5.74, 6) is 1.87. The van der Waals surface area contributed by atoms with E-state index in [1.165, 1.54) is 0 Å². The highest BCUT2D eigenvalue weighted by Gasteiger charge is 2.11. The second-order valence-corrected chi connectivity index (χ2v) is 4.83. The van der Waals surface area contributed by atoms with Gasteiger partial charge in [0.1, 0.15) is 5.75 Å². The van der Waals surface area contributed by atoms with Crippen LogP contribution in [0.1, 0.15) is 37.0 Å². The Kier molecular flexibility index (Phi) is 4.68. The molecule has 0 aromatic carbocycles. The molecule has 0 saturated heterocycles. The summed E-state index contributed by atoms with van der Waals surface area (Å²) in [6, 6.07) is 3.85. The van der Waals surface area contributed by atoms with Gasteiger partial charge in [-0.25, -0.2) is 0 Å². The van der Waals surface area contributed by atoms with Gasteiger partial charge in [0.15, 0.2) is 6.61 Å². The van der Waals surface area contributed by atoms with Gasteiger partial charge in [-0.2, -0.15) is 4.98 Å². The average molecular weight is 276 g/mol. The molecule has 2 rings (SSSR count). The minimum atomic E-state index is 0.0310. The fourth-order valence-electron chi connectivity index (χ4n) is 1.82. The van der Waals surface area contributed by atoms with Gasteiger partial charge in [-0.05, 0) is 26.0 Å². The molecular formula is C14H20N4O2. The van der Waals surface area contributed by atoms with Crippen LogP contribution < -0.4 is 10.5 Å². The fraction of sp³-hybridized carbons (Fsp3) is 0.500. The lowest BCUT2D eigenvalue weighted by Gasteiger charge is -2.11. The molecule has 0 spiro atoms. The van der Waals surface area contributed by atoms with E-state index in [0.717, 1.165) is 23.6 Å². The molecule has 0 aliphatic rings.